The van der Waals surface area contributed by atoms with E-state index in [0.717, 1.165) is 15.4 Å². The van der Waals surface area contributed by atoms with Crippen LogP contribution in [-0.2, 0) is 21.4 Å². The molecule has 0 aliphatic rings. The number of benzene rings is 3. The van der Waals surface area contributed by atoms with Gasteiger partial charge in [0.25, 0.3) is 0 Å². The van der Waals surface area contributed by atoms with Crippen molar-refractivity contribution in [3.63, 3.8) is 0 Å². The molecular formula is C25H27ClN2O5S. The average Bonchev–Trinajstić information content (AvgIpc) is 2.84. The van der Waals surface area contributed by atoms with Crippen LogP contribution in [0.5, 0.6) is 11.5 Å². The van der Waals surface area contributed by atoms with Gasteiger partial charge in [-0.05, 0) is 48.4 Å². The summed E-state index contributed by atoms with van der Waals surface area (Å²) in [5.41, 5.74) is 1.62. The fourth-order valence-corrected chi connectivity index (χ4v) is 5.13. The first-order chi connectivity index (χ1) is 16.2. The van der Waals surface area contributed by atoms with Crippen LogP contribution in [0.15, 0.2) is 77.7 Å². The van der Waals surface area contributed by atoms with Crippen LogP contribution >= 0.6 is 11.6 Å². The molecule has 1 atom stereocenters. The standard InChI is InChI=1S/C25H27ClN2O5S/c1-18(20-9-11-21(32-2)12-10-20)27-25(29)17-28(16-19-7-5-4-6-8-19)34(30,31)22-13-14-24(33-3)23(26)15-22/h4-15,18H,16-17H2,1-3H3,(H,27,29)/t18-/m0/s1. The van der Waals surface area contributed by atoms with Crippen molar-refractivity contribution in [2.24, 2.45) is 0 Å². The molecule has 1 amide bonds. The molecule has 0 unspecified atom stereocenters. The highest BCUT2D eigenvalue weighted by Gasteiger charge is 2.28. The predicted molar refractivity (Wildman–Crippen MR) is 132 cm³/mol. The Hall–Kier alpha value is -3.07. The molecule has 0 radical (unpaired) electrons. The number of nitrogens with zero attached hydrogens (tertiary/aromatic N) is 1. The minimum Gasteiger partial charge on any atom is -0.497 e. The van der Waals surface area contributed by atoms with Gasteiger partial charge in [-0.1, -0.05) is 54.1 Å². The molecule has 0 bridgehead atoms. The van der Waals surface area contributed by atoms with Crippen molar-refractivity contribution in [1.82, 2.24) is 9.62 Å². The maximum atomic E-state index is 13.5. The first-order valence-corrected chi connectivity index (χ1v) is 12.4. The molecule has 1 N–H and O–H groups in total. The van der Waals surface area contributed by atoms with E-state index in [4.69, 9.17) is 21.1 Å². The molecule has 0 heterocycles. The highest BCUT2D eigenvalue weighted by atomic mass is 35.5. The van der Waals surface area contributed by atoms with E-state index in [9.17, 15) is 13.2 Å². The quantitative estimate of drug-likeness (QED) is 0.443. The van der Waals surface area contributed by atoms with Gasteiger partial charge in [-0.15, -0.1) is 0 Å². The Labute approximate surface area is 205 Å². The van der Waals surface area contributed by atoms with Gasteiger partial charge in [-0.25, -0.2) is 8.42 Å². The summed E-state index contributed by atoms with van der Waals surface area (Å²) >= 11 is 6.17. The summed E-state index contributed by atoms with van der Waals surface area (Å²) in [4.78, 5) is 12.9. The predicted octanol–water partition coefficient (Wildman–Crippen LogP) is 4.43. The highest BCUT2D eigenvalue weighted by Crippen LogP contribution is 2.29. The lowest BCUT2D eigenvalue weighted by Crippen LogP contribution is -2.41. The molecule has 0 spiro atoms. The van der Waals surface area contributed by atoms with Crippen molar-refractivity contribution in [3.05, 3.63) is 88.9 Å². The number of carbonyl (C=O) groups is 1. The minimum absolute atomic E-state index is 0.0229. The minimum atomic E-state index is -4.04. The van der Waals surface area contributed by atoms with Crippen molar-refractivity contribution < 1.29 is 22.7 Å². The Morgan fingerprint density at radius 2 is 1.68 bits per heavy atom. The number of carbonyl (C=O) groups excluding carboxylic acids is 1. The van der Waals surface area contributed by atoms with E-state index in [1.807, 2.05) is 37.3 Å². The smallest absolute Gasteiger partial charge is 0.243 e. The second-order valence-electron chi connectivity index (χ2n) is 7.62. The number of halogens is 1. The number of sulfonamides is 1. The molecule has 3 aromatic carbocycles. The molecule has 0 aromatic heterocycles. The zero-order valence-electron chi connectivity index (χ0n) is 19.2. The number of hydrogen-bond donors (Lipinski definition) is 1. The normalized spacial score (nSPS) is 12.3. The zero-order valence-corrected chi connectivity index (χ0v) is 20.8. The summed E-state index contributed by atoms with van der Waals surface area (Å²) in [5, 5.41) is 3.04. The van der Waals surface area contributed by atoms with Gasteiger partial charge in [0.15, 0.2) is 0 Å². The molecule has 9 heteroatoms. The van der Waals surface area contributed by atoms with Gasteiger partial charge in [0.1, 0.15) is 11.5 Å². The summed E-state index contributed by atoms with van der Waals surface area (Å²) in [6, 6.07) is 20.3. The van der Waals surface area contributed by atoms with Gasteiger partial charge < -0.3 is 14.8 Å². The molecule has 7 nitrogen and oxygen atoms in total. The van der Waals surface area contributed by atoms with Crippen LogP contribution in [0, 0.1) is 0 Å². The Kier molecular flexibility index (Phi) is 8.55. The van der Waals surface area contributed by atoms with Gasteiger partial charge in [-0.3, -0.25) is 4.79 Å². The van der Waals surface area contributed by atoms with Crippen molar-refractivity contribution in [3.8, 4) is 11.5 Å². The third kappa shape index (κ3) is 6.28. The summed E-state index contributed by atoms with van der Waals surface area (Å²) in [6.45, 7) is 1.50. The van der Waals surface area contributed by atoms with Gasteiger partial charge in [-0.2, -0.15) is 4.31 Å². The van der Waals surface area contributed by atoms with Crippen LogP contribution in [0.2, 0.25) is 5.02 Å². The van der Waals surface area contributed by atoms with Crippen LogP contribution in [0.4, 0.5) is 0 Å². The number of nitrogens with one attached hydrogen (secondary N) is 1. The van der Waals surface area contributed by atoms with Gasteiger partial charge in [0, 0.05) is 6.54 Å². The maximum absolute atomic E-state index is 13.5. The number of ether oxygens (including phenoxy) is 2. The van der Waals surface area contributed by atoms with Crippen LogP contribution < -0.4 is 14.8 Å². The SMILES string of the molecule is COc1ccc([C@H](C)NC(=O)CN(Cc2ccccc2)S(=O)(=O)c2ccc(OC)c(Cl)c2)cc1. The Bertz CT molecular complexity index is 1220. The molecule has 0 fully saturated rings. The van der Waals surface area contributed by atoms with E-state index < -0.39 is 15.9 Å². The summed E-state index contributed by atoms with van der Waals surface area (Å²) in [6.07, 6.45) is 0. The fraction of sp³-hybridized carbons (Fsp3) is 0.240. The van der Waals surface area contributed by atoms with Crippen molar-refractivity contribution in [2.75, 3.05) is 20.8 Å². The van der Waals surface area contributed by atoms with Crippen LogP contribution in [0.1, 0.15) is 24.1 Å². The van der Waals surface area contributed by atoms with E-state index in [-0.39, 0.29) is 29.0 Å². The fourth-order valence-electron chi connectivity index (χ4n) is 3.39. The summed E-state index contributed by atoms with van der Waals surface area (Å²) in [7, 11) is -1.00. The number of methoxy groups -OCH3 is 2. The largest absolute Gasteiger partial charge is 0.497 e. The Balaban J connectivity index is 1.83. The lowest BCUT2D eigenvalue weighted by atomic mass is 10.1. The van der Waals surface area contributed by atoms with Crippen molar-refractivity contribution >= 4 is 27.5 Å². The van der Waals surface area contributed by atoms with Crippen LogP contribution in [-0.4, -0.2) is 39.4 Å². The lowest BCUT2D eigenvalue weighted by Gasteiger charge is -2.23. The number of amides is 1. The Morgan fingerprint density at radius 1 is 1.00 bits per heavy atom. The highest BCUT2D eigenvalue weighted by molar-refractivity contribution is 7.89. The second-order valence-corrected chi connectivity index (χ2v) is 9.96. The molecule has 3 aromatic rings. The Morgan fingerprint density at radius 3 is 2.26 bits per heavy atom. The topological polar surface area (TPSA) is 84.9 Å². The van der Waals surface area contributed by atoms with Gasteiger partial charge in [0.2, 0.25) is 15.9 Å². The third-order valence-electron chi connectivity index (χ3n) is 5.28. The van der Waals surface area contributed by atoms with Gasteiger partial charge in [0.05, 0.1) is 36.7 Å². The van der Waals surface area contributed by atoms with Crippen LogP contribution in [0.3, 0.4) is 0 Å². The summed E-state index contributed by atoms with van der Waals surface area (Å²) < 4.78 is 38.4. The molecule has 0 aliphatic heterocycles. The van der Waals surface area contributed by atoms with Crippen LogP contribution in [0.25, 0.3) is 0 Å². The molecule has 0 saturated heterocycles. The number of hydrogen-bond acceptors (Lipinski definition) is 5. The lowest BCUT2D eigenvalue weighted by molar-refractivity contribution is -0.122. The first-order valence-electron chi connectivity index (χ1n) is 10.6. The van der Waals surface area contributed by atoms with Crippen molar-refractivity contribution in [2.45, 2.75) is 24.4 Å². The molecule has 180 valence electrons. The van der Waals surface area contributed by atoms with Crippen molar-refractivity contribution in [1.29, 1.82) is 0 Å². The van der Waals surface area contributed by atoms with E-state index in [2.05, 4.69) is 5.32 Å². The van der Waals surface area contributed by atoms with Gasteiger partial charge >= 0.3 is 0 Å². The first kappa shape index (κ1) is 25.6. The van der Waals surface area contributed by atoms with E-state index in [1.54, 1.807) is 31.4 Å². The molecule has 0 aliphatic carbocycles. The van der Waals surface area contributed by atoms with E-state index in [0.29, 0.717) is 11.5 Å². The molecule has 0 saturated carbocycles. The van der Waals surface area contributed by atoms with E-state index >= 15 is 0 Å². The molecular weight excluding hydrogens is 476 g/mol. The molecule has 3 rings (SSSR count). The number of rotatable bonds is 10. The zero-order chi connectivity index (χ0) is 24.7. The summed E-state index contributed by atoms with van der Waals surface area (Å²) in [5.74, 6) is 0.643. The van der Waals surface area contributed by atoms with E-state index in [1.165, 1.54) is 25.3 Å². The maximum Gasteiger partial charge on any atom is 0.243 e. The third-order valence-corrected chi connectivity index (χ3v) is 7.36. The monoisotopic (exact) mass is 502 g/mol. The average molecular weight is 503 g/mol. The second kappa shape index (κ2) is 11.4. The molecule has 34 heavy (non-hydrogen) atoms.